The van der Waals surface area contributed by atoms with Crippen molar-refractivity contribution in [3.63, 3.8) is 0 Å². The topological polar surface area (TPSA) is 35.5 Å². The molecule has 3 nitrogen and oxygen atoms in total. The zero-order chi connectivity index (χ0) is 10.4. The van der Waals surface area contributed by atoms with Crippen molar-refractivity contribution in [1.82, 2.24) is 0 Å². The van der Waals surface area contributed by atoms with Crippen LogP contribution in [-0.2, 0) is 4.74 Å². The lowest BCUT2D eigenvalue weighted by atomic mass is 10.2. The van der Waals surface area contributed by atoms with Crippen LogP contribution in [0, 0.1) is 6.92 Å². The van der Waals surface area contributed by atoms with Crippen LogP contribution in [-0.4, -0.2) is 12.8 Å². The lowest BCUT2D eigenvalue weighted by Crippen LogP contribution is -2.10. The van der Waals surface area contributed by atoms with Crippen LogP contribution in [0.25, 0.3) is 0 Å². The van der Waals surface area contributed by atoms with Crippen LogP contribution in [0.4, 0.5) is 4.79 Å². The molecule has 0 amide bonds. The Labute approximate surface area is 83.0 Å². The van der Waals surface area contributed by atoms with E-state index in [0.717, 1.165) is 5.56 Å². The number of hydrogen-bond donors (Lipinski definition) is 0. The largest absolute Gasteiger partial charge is 0.514 e. The van der Waals surface area contributed by atoms with Gasteiger partial charge < -0.3 is 9.47 Å². The van der Waals surface area contributed by atoms with Gasteiger partial charge in [-0.2, -0.15) is 0 Å². The average Bonchev–Trinajstić information content (AvgIpc) is 2.15. The molecular formula is C11H12O3. The normalized spacial score (nSPS) is 9.21. The number of carbonyl (C=O) groups is 1. The van der Waals surface area contributed by atoms with Crippen LogP contribution in [0.1, 0.15) is 5.56 Å². The summed E-state index contributed by atoms with van der Waals surface area (Å²) in [5.74, 6) is 0.485. The number of benzene rings is 1. The Morgan fingerprint density at radius 2 is 2.36 bits per heavy atom. The van der Waals surface area contributed by atoms with E-state index in [0.29, 0.717) is 5.75 Å². The van der Waals surface area contributed by atoms with Gasteiger partial charge in [-0.1, -0.05) is 24.8 Å². The third-order valence-electron chi connectivity index (χ3n) is 1.51. The molecule has 0 bridgehead atoms. The number of hydrogen-bond acceptors (Lipinski definition) is 3. The molecule has 0 radical (unpaired) electrons. The predicted molar refractivity (Wildman–Crippen MR) is 53.4 cm³/mol. The number of ether oxygens (including phenoxy) is 2. The van der Waals surface area contributed by atoms with Crippen LogP contribution in [0.15, 0.2) is 36.9 Å². The second kappa shape index (κ2) is 5.07. The van der Waals surface area contributed by atoms with Crippen molar-refractivity contribution in [2.24, 2.45) is 0 Å². The van der Waals surface area contributed by atoms with E-state index in [1.165, 1.54) is 6.08 Å². The molecule has 0 N–H and O–H groups in total. The highest BCUT2D eigenvalue weighted by atomic mass is 16.7. The fourth-order valence-electron chi connectivity index (χ4n) is 0.931. The first-order chi connectivity index (χ1) is 6.72. The molecule has 0 fully saturated rings. The SMILES string of the molecule is C=CCOC(=O)Oc1cccc(C)c1. The molecular weight excluding hydrogens is 180 g/mol. The smallest absolute Gasteiger partial charge is 0.430 e. The molecule has 0 atom stereocenters. The van der Waals surface area contributed by atoms with Crippen molar-refractivity contribution in [2.45, 2.75) is 6.92 Å². The minimum atomic E-state index is -0.712. The van der Waals surface area contributed by atoms with Gasteiger partial charge in [-0.15, -0.1) is 0 Å². The van der Waals surface area contributed by atoms with Crippen molar-refractivity contribution in [1.29, 1.82) is 0 Å². The van der Waals surface area contributed by atoms with Gasteiger partial charge in [0, 0.05) is 0 Å². The lowest BCUT2D eigenvalue weighted by Gasteiger charge is -2.04. The zero-order valence-electron chi connectivity index (χ0n) is 8.03. The number of carbonyl (C=O) groups excluding carboxylic acids is 1. The fraction of sp³-hybridized carbons (Fsp3) is 0.182. The van der Waals surface area contributed by atoms with Gasteiger partial charge in [0.15, 0.2) is 0 Å². The van der Waals surface area contributed by atoms with E-state index in [2.05, 4.69) is 11.3 Å². The summed E-state index contributed by atoms with van der Waals surface area (Å²) in [4.78, 5) is 11.0. The monoisotopic (exact) mass is 192 g/mol. The summed E-state index contributed by atoms with van der Waals surface area (Å²) in [6, 6.07) is 7.19. The predicted octanol–water partition coefficient (Wildman–Crippen LogP) is 2.70. The second-order valence-electron chi connectivity index (χ2n) is 2.77. The maximum atomic E-state index is 11.0. The molecule has 0 spiro atoms. The first kappa shape index (κ1) is 10.3. The van der Waals surface area contributed by atoms with Gasteiger partial charge in [0.2, 0.25) is 0 Å². The highest BCUT2D eigenvalue weighted by Gasteiger charge is 2.03. The van der Waals surface area contributed by atoms with Crippen LogP contribution >= 0.6 is 0 Å². The molecule has 74 valence electrons. The summed E-state index contributed by atoms with van der Waals surface area (Å²) < 4.78 is 9.54. The van der Waals surface area contributed by atoms with Crippen molar-refractivity contribution >= 4 is 6.16 Å². The summed E-state index contributed by atoms with van der Waals surface area (Å²) in [5, 5.41) is 0. The Kier molecular flexibility index (Phi) is 3.73. The summed E-state index contributed by atoms with van der Waals surface area (Å²) in [6.45, 7) is 5.50. The fourth-order valence-corrected chi connectivity index (χ4v) is 0.931. The maximum Gasteiger partial charge on any atom is 0.514 e. The molecule has 0 aromatic heterocycles. The second-order valence-corrected chi connectivity index (χ2v) is 2.77. The van der Waals surface area contributed by atoms with Gasteiger partial charge >= 0.3 is 6.16 Å². The quantitative estimate of drug-likeness (QED) is 0.419. The molecule has 3 heteroatoms. The van der Waals surface area contributed by atoms with Gasteiger partial charge in [-0.3, -0.25) is 0 Å². The van der Waals surface area contributed by atoms with Crippen molar-refractivity contribution < 1.29 is 14.3 Å². The third-order valence-corrected chi connectivity index (χ3v) is 1.51. The Morgan fingerprint density at radius 1 is 1.57 bits per heavy atom. The summed E-state index contributed by atoms with van der Waals surface area (Å²) in [7, 11) is 0. The van der Waals surface area contributed by atoms with E-state index in [9.17, 15) is 4.79 Å². The molecule has 14 heavy (non-hydrogen) atoms. The summed E-state index contributed by atoms with van der Waals surface area (Å²) in [5.41, 5.74) is 1.03. The van der Waals surface area contributed by atoms with Crippen LogP contribution < -0.4 is 4.74 Å². The standard InChI is InChI=1S/C11H12O3/c1-3-7-13-11(12)14-10-6-4-5-9(2)8-10/h3-6,8H,1,7H2,2H3. The van der Waals surface area contributed by atoms with Gasteiger partial charge in [0.25, 0.3) is 0 Å². The van der Waals surface area contributed by atoms with E-state index in [1.54, 1.807) is 12.1 Å². The minimum absolute atomic E-state index is 0.157. The van der Waals surface area contributed by atoms with E-state index in [1.807, 2.05) is 19.1 Å². The van der Waals surface area contributed by atoms with E-state index in [-0.39, 0.29) is 6.61 Å². The molecule has 0 aliphatic carbocycles. The minimum Gasteiger partial charge on any atom is -0.430 e. The number of aryl methyl sites for hydroxylation is 1. The van der Waals surface area contributed by atoms with Crippen LogP contribution in [0.5, 0.6) is 5.75 Å². The van der Waals surface area contributed by atoms with E-state index < -0.39 is 6.16 Å². The Balaban J connectivity index is 2.51. The first-order valence-electron chi connectivity index (χ1n) is 4.24. The molecule has 0 aliphatic rings. The highest BCUT2D eigenvalue weighted by Crippen LogP contribution is 2.12. The van der Waals surface area contributed by atoms with Crippen molar-refractivity contribution in [3.05, 3.63) is 42.5 Å². The first-order valence-corrected chi connectivity index (χ1v) is 4.24. The van der Waals surface area contributed by atoms with Gasteiger partial charge in [-0.05, 0) is 24.6 Å². The summed E-state index contributed by atoms with van der Waals surface area (Å²) >= 11 is 0. The van der Waals surface area contributed by atoms with Crippen molar-refractivity contribution in [3.8, 4) is 5.75 Å². The Morgan fingerprint density at radius 3 is 3.00 bits per heavy atom. The molecule has 0 saturated heterocycles. The van der Waals surface area contributed by atoms with Gasteiger partial charge in [-0.25, -0.2) is 4.79 Å². The van der Waals surface area contributed by atoms with Gasteiger partial charge in [0.1, 0.15) is 12.4 Å². The zero-order valence-corrected chi connectivity index (χ0v) is 8.03. The van der Waals surface area contributed by atoms with E-state index in [4.69, 9.17) is 4.74 Å². The third kappa shape index (κ3) is 3.31. The van der Waals surface area contributed by atoms with Crippen LogP contribution in [0.2, 0.25) is 0 Å². The molecule has 1 aromatic carbocycles. The lowest BCUT2D eigenvalue weighted by molar-refractivity contribution is 0.109. The van der Waals surface area contributed by atoms with Gasteiger partial charge in [0.05, 0.1) is 0 Å². The molecule has 1 aromatic rings. The van der Waals surface area contributed by atoms with E-state index >= 15 is 0 Å². The molecule has 0 aliphatic heterocycles. The van der Waals surface area contributed by atoms with Crippen molar-refractivity contribution in [2.75, 3.05) is 6.61 Å². The average molecular weight is 192 g/mol. The molecule has 1 rings (SSSR count). The Bertz CT molecular complexity index is 331. The van der Waals surface area contributed by atoms with Crippen LogP contribution in [0.3, 0.4) is 0 Å². The summed E-state index contributed by atoms with van der Waals surface area (Å²) in [6.07, 6.45) is 0.771. The Hall–Kier alpha value is -1.77. The molecule has 0 saturated carbocycles. The number of rotatable bonds is 3. The molecule has 0 heterocycles. The molecule has 0 unspecified atom stereocenters. The maximum absolute atomic E-state index is 11.0. The highest BCUT2D eigenvalue weighted by molar-refractivity contribution is 5.63.